The summed E-state index contributed by atoms with van der Waals surface area (Å²) >= 11 is 0. The van der Waals surface area contributed by atoms with Gasteiger partial charge in [0.15, 0.2) is 0 Å². The molecule has 0 saturated heterocycles. The topological polar surface area (TPSA) is 37.3 Å². The highest BCUT2D eigenvalue weighted by Crippen LogP contribution is 2.29. The number of carbonyl (C=O) groups is 1. The molecule has 0 unspecified atom stereocenters. The van der Waals surface area contributed by atoms with E-state index in [2.05, 4.69) is 0 Å². The summed E-state index contributed by atoms with van der Waals surface area (Å²) < 4.78 is 0. The van der Waals surface area contributed by atoms with Crippen LogP contribution in [0.3, 0.4) is 0 Å². The summed E-state index contributed by atoms with van der Waals surface area (Å²) in [6.45, 7) is 2.01. The quantitative estimate of drug-likeness (QED) is 0.648. The second-order valence-electron chi connectivity index (χ2n) is 4.50. The molecule has 3 rings (SSSR count). The number of carboxylic acid groups (broad SMARTS) is 1. The van der Waals surface area contributed by atoms with Crippen molar-refractivity contribution in [1.82, 2.24) is 0 Å². The average Bonchev–Trinajstić information content (AvgIpc) is 2.35. The SMILES string of the molecule is Cc1ccc2c(C(=O)O)c3ccccc3cc2c1. The summed E-state index contributed by atoms with van der Waals surface area (Å²) in [6.07, 6.45) is 0. The lowest BCUT2D eigenvalue weighted by atomic mass is 9.96. The van der Waals surface area contributed by atoms with Crippen molar-refractivity contribution in [3.63, 3.8) is 0 Å². The highest BCUT2D eigenvalue weighted by Gasteiger charge is 2.13. The molecule has 2 heteroatoms. The minimum atomic E-state index is -0.874. The van der Waals surface area contributed by atoms with Crippen molar-refractivity contribution in [2.75, 3.05) is 0 Å². The van der Waals surface area contributed by atoms with E-state index in [9.17, 15) is 9.90 Å². The van der Waals surface area contributed by atoms with Gasteiger partial charge < -0.3 is 5.11 Å². The molecule has 1 N–H and O–H groups in total. The fraction of sp³-hybridized carbons (Fsp3) is 0.0625. The van der Waals surface area contributed by atoms with Gasteiger partial charge in [0.1, 0.15) is 0 Å². The predicted octanol–water partition coefficient (Wildman–Crippen LogP) is 4.00. The molecule has 18 heavy (non-hydrogen) atoms. The van der Waals surface area contributed by atoms with Gasteiger partial charge in [-0.15, -0.1) is 0 Å². The monoisotopic (exact) mass is 236 g/mol. The molecule has 0 aliphatic carbocycles. The van der Waals surface area contributed by atoms with Gasteiger partial charge in [-0.1, -0.05) is 48.0 Å². The molecule has 0 radical (unpaired) electrons. The van der Waals surface area contributed by atoms with Crippen LogP contribution in [0.4, 0.5) is 0 Å². The Morgan fingerprint density at radius 3 is 2.44 bits per heavy atom. The molecule has 0 aliphatic heterocycles. The molecule has 0 fully saturated rings. The van der Waals surface area contributed by atoms with Crippen LogP contribution in [-0.4, -0.2) is 11.1 Å². The van der Waals surface area contributed by atoms with Gasteiger partial charge in [-0.3, -0.25) is 0 Å². The first-order chi connectivity index (χ1) is 8.66. The lowest BCUT2D eigenvalue weighted by molar-refractivity contribution is 0.0701. The summed E-state index contributed by atoms with van der Waals surface area (Å²) in [5.74, 6) is -0.874. The molecule has 0 saturated carbocycles. The molecule has 0 aromatic heterocycles. The molecule has 0 heterocycles. The van der Waals surface area contributed by atoms with Crippen molar-refractivity contribution in [1.29, 1.82) is 0 Å². The maximum absolute atomic E-state index is 11.5. The van der Waals surface area contributed by atoms with Gasteiger partial charge in [0, 0.05) is 0 Å². The van der Waals surface area contributed by atoms with E-state index >= 15 is 0 Å². The Bertz CT molecular complexity index is 772. The van der Waals surface area contributed by atoms with Crippen LogP contribution in [0.15, 0.2) is 48.5 Å². The van der Waals surface area contributed by atoms with E-state index in [0.29, 0.717) is 5.56 Å². The molecule has 0 spiro atoms. The third-order valence-corrected chi connectivity index (χ3v) is 3.23. The Kier molecular flexibility index (Phi) is 2.30. The Labute approximate surface area is 104 Å². The van der Waals surface area contributed by atoms with E-state index in [1.165, 1.54) is 0 Å². The average molecular weight is 236 g/mol. The molecule has 3 aromatic rings. The molecule has 0 atom stereocenters. The Balaban J connectivity index is 2.58. The molecule has 0 aliphatic rings. The van der Waals surface area contributed by atoms with Crippen LogP contribution in [0.1, 0.15) is 15.9 Å². The molecule has 0 bridgehead atoms. The number of fused-ring (bicyclic) bond motifs is 2. The molecular formula is C16H12O2. The molecule has 88 valence electrons. The second-order valence-corrected chi connectivity index (χ2v) is 4.50. The van der Waals surface area contributed by atoms with Crippen molar-refractivity contribution in [3.05, 3.63) is 59.7 Å². The summed E-state index contributed by atoms with van der Waals surface area (Å²) in [6, 6.07) is 15.5. The van der Waals surface area contributed by atoms with Crippen LogP contribution in [-0.2, 0) is 0 Å². The van der Waals surface area contributed by atoms with Gasteiger partial charge in [-0.2, -0.15) is 0 Å². The van der Waals surface area contributed by atoms with Crippen molar-refractivity contribution in [2.45, 2.75) is 6.92 Å². The third-order valence-electron chi connectivity index (χ3n) is 3.23. The molecule has 2 nitrogen and oxygen atoms in total. The number of aromatic carboxylic acids is 1. The van der Waals surface area contributed by atoms with Crippen LogP contribution in [0, 0.1) is 6.92 Å². The van der Waals surface area contributed by atoms with E-state index in [4.69, 9.17) is 0 Å². The van der Waals surface area contributed by atoms with Gasteiger partial charge in [-0.25, -0.2) is 4.79 Å². The van der Waals surface area contributed by atoms with E-state index < -0.39 is 5.97 Å². The first-order valence-corrected chi connectivity index (χ1v) is 5.82. The number of hydrogen-bond acceptors (Lipinski definition) is 1. The number of benzene rings is 3. The van der Waals surface area contributed by atoms with Crippen LogP contribution in [0.2, 0.25) is 0 Å². The van der Waals surface area contributed by atoms with Crippen LogP contribution in [0.5, 0.6) is 0 Å². The highest BCUT2D eigenvalue weighted by atomic mass is 16.4. The van der Waals surface area contributed by atoms with Crippen molar-refractivity contribution in [2.24, 2.45) is 0 Å². The van der Waals surface area contributed by atoms with Gasteiger partial charge in [0.05, 0.1) is 5.56 Å². The summed E-state index contributed by atoms with van der Waals surface area (Å²) in [4.78, 5) is 11.5. The summed E-state index contributed by atoms with van der Waals surface area (Å²) in [5.41, 5.74) is 1.53. The van der Waals surface area contributed by atoms with E-state index in [0.717, 1.165) is 27.1 Å². The van der Waals surface area contributed by atoms with Gasteiger partial charge in [0.25, 0.3) is 0 Å². The maximum atomic E-state index is 11.5. The Hall–Kier alpha value is -2.35. The summed E-state index contributed by atoms with van der Waals surface area (Å²) in [7, 11) is 0. The predicted molar refractivity (Wildman–Crippen MR) is 73.2 cm³/mol. The molecule has 3 aromatic carbocycles. The lowest BCUT2D eigenvalue weighted by Crippen LogP contribution is -1.99. The molecular weight excluding hydrogens is 224 g/mol. The highest BCUT2D eigenvalue weighted by molar-refractivity contribution is 6.16. The zero-order valence-corrected chi connectivity index (χ0v) is 9.97. The third kappa shape index (κ3) is 1.54. The number of carboxylic acids is 1. The van der Waals surface area contributed by atoms with Crippen LogP contribution in [0.25, 0.3) is 21.5 Å². The van der Waals surface area contributed by atoms with E-state index in [1.54, 1.807) is 0 Å². The first kappa shape index (κ1) is 10.8. The standard InChI is InChI=1S/C16H12O2/c1-10-6-7-14-12(8-10)9-11-4-2-3-5-13(11)15(14)16(17)18/h2-9H,1H3,(H,17,18). The number of rotatable bonds is 1. The lowest BCUT2D eigenvalue weighted by Gasteiger charge is -2.08. The maximum Gasteiger partial charge on any atom is 0.336 e. The van der Waals surface area contributed by atoms with Crippen LogP contribution >= 0.6 is 0 Å². The molecule has 0 amide bonds. The Morgan fingerprint density at radius 2 is 1.67 bits per heavy atom. The smallest absolute Gasteiger partial charge is 0.336 e. The fourth-order valence-electron chi connectivity index (χ4n) is 2.42. The second kappa shape index (κ2) is 3.84. The zero-order chi connectivity index (χ0) is 12.7. The van der Waals surface area contributed by atoms with Crippen molar-refractivity contribution in [3.8, 4) is 0 Å². The first-order valence-electron chi connectivity index (χ1n) is 5.82. The number of hydrogen-bond donors (Lipinski definition) is 1. The number of aryl methyl sites for hydroxylation is 1. The largest absolute Gasteiger partial charge is 0.478 e. The van der Waals surface area contributed by atoms with Crippen molar-refractivity contribution >= 4 is 27.5 Å². The summed E-state index contributed by atoms with van der Waals surface area (Å²) in [5, 5.41) is 13.0. The minimum absolute atomic E-state index is 0.392. The Morgan fingerprint density at radius 1 is 0.944 bits per heavy atom. The fourth-order valence-corrected chi connectivity index (χ4v) is 2.42. The minimum Gasteiger partial charge on any atom is -0.478 e. The van der Waals surface area contributed by atoms with E-state index in [-0.39, 0.29) is 0 Å². The van der Waals surface area contributed by atoms with Gasteiger partial charge in [0.2, 0.25) is 0 Å². The van der Waals surface area contributed by atoms with Gasteiger partial charge in [-0.05, 0) is 34.5 Å². The zero-order valence-electron chi connectivity index (χ0n) is 9.97. The van der Waals surface area contributed by atoms with Gasteiger partial charge >= 0.3 is 5.97 Å². The normalized spacial score (nSPS) is 10.9. The van der Waals surface area contributed by atoms with Crippen molar-refractivity contribution < 1.29 is 9.90 Å². The van der Waals surface area contributed by atoms with Crippen LogP contribution < -0.4 is 0 Å². The van der Waals surface area contributed by atoms with E-state index in [1.807, 2.05) is 55.5 Å².